The van der Waals surface area contributed by atoms with E-state index in [1.807, 2.05) is 6.92 Å². The van der Waals surface area contributed by atoms with Crippen LogP contribution >= 0.6 is 0 Å². The summed E-state index contributed by atoms with van der Waals surface area (Å²) in [6.45, 7) is 0.921. The molecule has 0 radical (unpaired) electrons. The highest BCUT2D eigenvalue weighted by molar-refractivity contribution is 4.86. The van der Waals surface area contributed by atoms with Crippen LogP contribution in [0.2, 0.25) is 0 Å². The molecule has 16 heavy (non-hydrogen) atoms. The number of hydrogen-bond donors (Lipinski definition) is 1. The van der Waals surface area contributed by atoms with Crippen molar-refractivity contribution in [3.05, 3.63) is 11.7 Å². The minimum atomic E-state index is -4.22. The molecule has 0 unspecified atom stereocenters. The Morgan fingerprint density at radius 2 is 2.12 bits per heavy atom. The lowest BCUT2D eigenvalue weighted by Crippen LogP contribution is -2.28. The van der Waals surface area contributed by atoms with E-state index in [0.717, 1.165) is 12.8 Å². The fourth-order valence-corrected chi connectivity index (χ4v) is 1.11. The number of aryl methyl sites for hydroxylation is 1. The van der Waals surface area contributed by atoms with Crippen molar-refractivity contribution >= 4 is 0 Å². The average molecular weight is 237 g/mol. The molecule has 0 bridgehead atoms. The van der Waals surface area contributed by atoms with Crippen molar-refractivity contribution in [2.75, 3.05) is 6.54 Å². The summed E-state index contributed by atoms with van der Waals surface area (Å²) >= 11 is 0. The lowest BCUT2D eigenvalue weighted by atomic mass is 10.2. The van der Waals surface area contributed by atoms with Gasteiger partial charge in [0, 0.05) is 6.42 Å². The van der Waals surface area contributed by atoms with Gasteiger partial charge in [-0.15, -0.1) is 0 Å². The van der Waals surface area contributed by atoms with Gasteiger partial charge in [0.15, 0.2) is 5.82 Å². The number of halogens is 3. The van der Waals surface area contributed by atoms with Gasteiger partial charge in [-0.05, 0) is 6.42 Å². The summed E-state index contributed by atoms with van der Waals surface area (Å²) in [5, 5.41) is 5.85. The Kier molecular flexibility index (Phi) is 4.72. The van der Waals surface area contributed by atoms with Gasteiger partial charge in [0.1, 0.15) is 0 Å². The van der Waals surface area contributed by atoms with Crippen molar-refractivity contribution in [1.82, 2.24) is 15.5 Å². The van der Waals surface area contributed by atoms with E-state index in [1.54, 1.807) is 0 Å². The van der Waals surface area contributed by atoms with E-state index in [0.29, 0.717) is 12.2 Å². The lowest BCUT2D eigenvalue weighted by molar-refractivity contribution is -0.125. The van der Waals surface area contributed by atoms with Gasteiger partial charge < -0.3 is 9.84 Å². The third kappa shape index (κ3) is 5.11. The molecule has 0 fully saturated rings. The van der Waals surface area contributed by atoms with Crippen molar-refractivity contribution in [3.8, 4) is 0 Å². The van der Waals surface area contributed by atoms with E-state index < -0.39 is 12.7 Å². The molecular formula is C9H14F3N3O. The van der Waals surface area contributed by atoms with Gasteiger partial charge in [-0.25, -0.2) is 0 Å². The van der Waals surface area contributed by atoms with Crippen molar-refractivity contribution in [3.63, 3.8) is 0 Å². The van der Waals surface area contributed by atoms with E-state index in [4.69, 9.17) is 4.52 Å². The molecule has 0 saturated carbocycles. The Morgan fingerprint density at radius 1 is 1.38 bits per heavy atom. The highest BCUT2D eigenvalue weighted by Crippen LogP contribution is 2.12. The van der Waals surface area contributed by atoms with Crippen LogP contribution in [0.15, 0.2) is 4.52 Å². The van der Waals surface area contributed by atoms with Crippen molar-refractivity contribution in [1.29, 1.82) is 0 Å². The molecule has 0 aliphatic carbocycles. The minimum absolute atomic E-state index is 0.0569. The lowest BCUT2D eigenvalue weighted by Gasteiger charge is -2.05. The van der Waals surface area contributed by atoms with E-state index in [-0.39, 0.29) is 12.4 Å². The zero-order valence-corrected chi connectivity index (χ0v) is 8.97. The zero-order chi connectivity index (χ0) is 12.0. The number of aromatic nitrogens is 2. The largest absolute Gasteiger partial charge is 0.401 e. The number of hydrogen-bond acceptors (Lipinski definition) is 4. The molecule has 0 spiro atoms. The van der Waals surface area contributed by atoms with Crippen molar-refractivity contribution in [2.45, 2.75) is 38.9 Å². The Morgan fingerprint density at radius 3 is 2.75 bits per heavy atom. The second kappa shape index (κ2) is 5.83. The van der Waals surface area contributed by atoms with Crippen molar-refractivity contribution < 1.29 is 17.7 Å². The second-order valence-electron chi connectivity index (χ2n) is 3.43. The van der Waals surface area contributed by atoms with Crippen LogP contribution in [0.3, 0.4) is 0 Å². The molecule has 0 aliphatic heterocycles. The molecule has 0 saturated heterocycles. The number of alkyl halides is 3. The Balaban J connectivity index is 2.29. The summed E-state index contributed by atoms with van der Waals surface area (Å²) in [6, 6.07) is 0. The number of rotatable bonds is 6. The first-order valence-electron chi connectivity index (χ1n) is 5.10. The molecule has 1 N–H and O–H groups in total. The molecule has 0 amide bonds. The summed E-state index contributed by atoms with van der Waals surface area (Å²) in [4.78, 5) is 3.96. The topological polar surface area (TPSA) is 51.0 Å². The maximum absolute atomic E-state index is 11.8. The van der Waals surface area contributed by atoms with Crippen LogP contribution < -0.4 is 5.32 Å². The molecule has 7 heteroatoms. The summed E-state index contributed by atoms with van der Waals surface area (Å²) < 4.78 is 40.2. The Labute approximate surface area is 91.2 Å². The quantitative estimate of drug-likeness (QED) is 0.822. The minimum Gasteiger partial charge on any atom is -0.338 e. The first kappa shape index (κ1) is 13.0. The molecule has 92 valence electrons. The zero-order valence-electron chi connectivity index (χ0n) is 8.97. The van der Waals surface area contributed by atoms with Crippen molar-refractivity contribution in [2.24, 2.45) is 0 Å². The summed E-state index contributed by atoms with van der Waals surface area (Å²) in [5.41, 5.74) is 0. The second-order valence-corrected chi connectivity index (χ2v) is 3.43. The molecular weight excluding hydrogens is 223 g/mol. The molecule has 1 aromatic heterocycles. The van der Waals surface area contributed by atoms with Crippen LogP contribution in [-0.4, -0.2) is 22.9 Å². The average Bonchev–Trinajstić information content (AvgIpc) is 2.61. The number of unbranched alkanes of at least 4 members (excludes halogenated alkanes) is 1. The normalized spacial score (nSPS) is 12.0. The van der Waals surface area contributed by atoms with Gasteiger partial charge in [-0.1, -0.05) is 18.5 Å². The fraction of sp³-hybridized carbons (Fsp3) is 0.778. The van der Waals surface area contributed by atoms with Crippen LogP contribution in [0.1, 0.15) is 31.5 Å². The first-order valence-corrected chi connectivity index (χ1v) is 5.10. The predicted molar refractivity (Wildman–Crippen MR) is 50.7 cm³/mol. The summed E-state index contributed by atoms with van der Waals surface area (Å²) in [7, 11) is 0. The molecule has 1 rings (SSSR count). The van der Waals surface area contributed by atoms with Gasteiger partial charge in [-0.2, -0.15) is 18.2 Å². The van der Waals surface area contributed by atoms with Crippen LogP contribution in [0, 0.1) is 0 Å². The Hall–Kier alpha value is -1.11. The predicted octanol–water partition coefficient (Wildman–Crippen LogP) is 2.06. The molecule has 0 aromatic carbocycles. The standard InChI is InChI=1S/C9H14F3N3O/c1-2-3-4-7-14-8(16-15-7)5-13-6-9(10,11)12/h13H,2-6H2,1H3. The molecule has 1 heterocycles. The van der Waals surface area contributed by atoms with E-state index in [9.17, 15) is 13.2 Å². The molecule has 1 aromatic rings. The van der Waals surface area contributed by atoms with Crippen LogP contribution in [0.5, 0.6) is 0 Å². The number of nitrogens with zero attached hydrogens (tertiary/aromatic N) is 2. The summed E-state index contributed by atoms with van der Waals surface area (Å²) in [5.74, 6) is 0.737. The van der Waals surface area contributed by atoms with Gasteiger partial charge in [-0.3, -0.25) is 0 Å². The maximum atomic E-state index is 11.8. The molecule has 0 atom stereocenters. The van der Waals surface area contributed by atoms with E-state index in [1.165, 1.54) is 0 Å². The van der Waals surface area contributed by atoms with E-state index >= 15 is 0 Å². The van der Waals surface area contributed by atoms with Gasteiger partial charge in [0.05, 0.1) is 13.1 Å². The van der Waals surface area contributed by atoms with Crippen LogP contribution in [0.25, 0.3) is 0 Å². The van der Waals surface area contributed by atoms with Gasteiger partial charge in [0.2, 0.25) is 5.89 Å². The van der Waals surface area contributed by atoms with Crippen LogP contribution in [-0.2, 0) is 13.0 Å². The van der Waals surface area contributed by atoms with Crippen LogP contribution in [0.4, 0.5) is 13.2 Å². The van der Waals surface area contributed by atoms with E-state index in [2.05, 4.69) is 15.5 Å². The molecule has 0 aliphatic rings. The highest BCUT2D eigenvalue weighted by Gasteiger charge is 2.26. The highest BCUT2D eigenvalue weighted by atomic mass is 19.4. The fourth-order valence-electron chi connectivity index (χ4n) is 1.11. The molecule has 4 nitrogen and oxygen atoms in total. The SMILES string of the molecule is CCCCc1noc(CNCC(F)(F)F)n1. The maximum Gasteiger partial charge on any atom is 0.401 e. The third-order valence-corrected chi connectivity index (χ3v) is 1.87. The smallest absolute Gasteiger partial charge is 0.338 e. The number of nitrogens with one attached hydrogen (secondary N) is 1. The summed E-state index contributed by atoms with van der Waals surface area (Å²) in [6.07, 6.45) is -1.57. The monoisotopic (exact) mass is 237 g/mol. The van der Waals surface area contributed by atoms with Gasteiger partial charge in [0.25, 0.3) is 0 Å². The first-order chi connectivity index (χ1) is 7.51. The van der Waals surface area contributed by atoms with Gasteiger partial charge >= 0.3 is 6.18 Å². The Bertz CT molecular complexity index is 311. The third-order valence-electron chi connectivity index (χ3n) is 1.87.